The summed E-state index contributed by atoms with van der Waals surface area (Å²) in [5.74, 6) is 2.79. The predicted molar refractivity (Wildman–Crippen MR) is 87.3 cm³/mol. The molecule has 7 atom stereocenters. The third-order valence-electron chi connectivity index (χ3n) is 8.46. The Balaban J connectivity index is 1.74. The van der Waals surface area contributed by atoms with E-state index in [1.165, 1.54) is 31.3 Å². The molecule has 2 nitrogen and oxygen atoms in total. The quantitative estimate of drug-likeness (QED) is 0.730. The van der Waals surface area contributed by atoms with Crippen LogP contribution >= 0.6 is 0 Å². The number of aliphatic hydroxyl groups excluding tert-OH is 1. The van der Waals surface area contributed by atoms with Crippen molar-refractivity contribution in [3.63, 3.8) is 0 Å². The first-order valence-corrected chi connectivity index (χ1v) is 9.28. The third-order valence-corrected chi connectivity index (χ3v) is 8.46. The van der Waals surface area contributed by atoms with E-state index in [2.05, 4.69) is 20.8 Å². The summed E-state index contributed by atoms with van der Waals surface area (Å²) in [6, 6.07) is 0. The molecule has 0 aromatic heterocycles. The molecule has 4 aliphatic rings. The zero-order valence-electron chi connectivity index (χ0n) is 14.3. The smallest absolute Gasteiger partial charge is 0.155 e. The first kappa shape index (κ1) is 14.9. The van der Waals surface area contributed by atoms with Gasteiger partial charge in [0.2, 0.25) is 0 Å². The monoisotopic (exact) mass is 302 g/mol. The van der Waals surface area contributed by atoms with Crippen LogP contribution in [0.5, 0.6) is 0 Å². The SMILES string of the molecule is C[C@H]1CCC2C3C(CC[C@@]21C)[C@@]1(C)CCC(=O)C=C1C[C@@H]3O. The molecule has 1 N–H and O–H groups in total. The van der Waals surface area contributed by atoms with Crippen LogP contribution in [0.1, 0.15) is 65.7 Å². The van der Waals surface area contributed by atoms with Crippen LogP contribution in [0, 0.1) is 34.5 Å². The highest BCUT2D eigenvalue weighted by molar-refractivity contribution is 5.91. The van der Waals surface area contributed by atoms with Crippen LogP contribution in [0.4, 0.5) is 0 Å². The van der Waals surface area contributed by atoms with Crippen LogP contribution in [0.15, 0.2) is 11.6 Å². The van der Waals surface area contributed by atoms with Gasteiger partial charge < -0.3 is 5.11 Å². The second-order valence-corrected chi connectivity index (χ2v) is 9.14. The van der Waals surface area contributed by atoms with Crippen LogP contribution in [-0.2, 0) is 4.79 Å². The molecule has 0 amide bonds. The van der Waals surface area contributed by atoms with Gasteiger partial charge in [0.25, 0.3) is 0 Å². The fourth-order valence-corrected chi connectivity index (χ4v) is 6.79. The van der Waals surface area contributed by atoms with Gasteiger partial charge in [-0.1, -0.05) is 26.3 Å². The molecular formula is C20H30O2. The summed E-state index contributed by atoms with van der Waals surface area (Å²) in [6.45, 7) is 7.29. The molecule has 3 saturated carbocycles. The number of hydrogen-bond donors (Lipinski definition) is 1. The van der Waals surface area contributed by atoms with Gasteiger partial charge in [0.05, 0.1) is 6.10 Å². The van der Waals surface area contributed by atoms with Crippen molar-refractivity contribution in [2.24, 2.45) is 34.5 Å². The summed E-state index contributed by atoms with van der Waals surface area (Å²) in [5.41, 5.74) is 1.86. The Bertz CT molecular complexity index is 536. The molecule has 3 fully saturated rings. The van der Waals surface area contributed by atoms with Crippen molar-refractivity contribution in [2.45, 2.75) is 71.8 Å². The van der Waals surface area contributed by atoms with Crippen LogP contribution in [0.2, 0.25) is 0 Å². The molecular weight excluding hydrogens is 272 g/mol. The summed E-state index contributed by atoms with van der Waals surface area (Å²) in [5, 5.41) is 10.9. The van der Waals surface area contributed by atoms with Crippen molar-refractivity contribution in [3.05, 3.63) is 11.6 Å². The van der Waals surface area contributed by atoms with E-state index in [0.29, 0.717) is 29.6 Å². The lowest BCUT2D eigenvalue weighted by atomic mass is 9.46. The van der Waals surface area contributed by atoms with E-state index in [1.54, 1.807) is 0 Å². The van der Waals surface area contributed by atoms with Crippen molar-refractivity contribution < 1.29 is 9.90 Å². The van der Waals surface area contributed by atoms with Gasteiger partial charge in [0.15, 0.2) is 5.78 Å². The van der Waals surface area contributed by atoms with Crippen molar-refractivity contribution in [2.75, 3.05) is 0 Å². The lowest BCUT2D eigenvalue weighted by Crippen LogP contribution is -2.55. The van der Waals surface area contributed by atoms with Crippen LogP contribution < -0.4 is 0 Å². The Morgan fingerprint density at radius 2 is 1.91 bits per heavy atom. The van der Waals surface area contributed by atoms with Gasteiger partial charge in [-0.15, -0.1) is 0 Å². The van der Waals surface area contributed by atoms with E-state index >= 15 is 0 Å². The molecule has 0 heterocycles. The zero-order valence-corrected chi connectivity index (χ0v) is 14.3. The molecule has 0 bridgehead atoms. The Hall–Kier alpha value is -0.630. The third kappa shape index (κ3) is 1.79. The Morgan fingerprint density at radius 3 is 2.68 bits per heavy atom. The minimum absolute atomic E-state index is 0.172. The lowest BCUT2D eigenvalue weighted by Gasteiger charge is -2.59. The first-order valence-electron chi connectivity index (χ1n) is 9.28. The fourth-order valence-electron chi connectivity index (χ4n) is 6.79. The minimum Gasteiger partial charge on any atom is -0.392 e. The molecule has 0 spiro atoms. The lowest BCUT2D eigenvalue weighted by molar-refractivity contribution is -0.122. The molecule has 22 heavy (non-hydrogen) atoms. The van der Waals surface area contributed by atoms with Crippen molar-refractivity contribution in [1.82, 2.24) is 0 Å². The number of rotatable bonds is 0. The number of fused-ring (bicyclic) bond motifs is 5. The topological polar surface area (TPSA) is 37.3 Å². The molecule has 4 aliphatic carbocycles. The number of carbonyl (C=O) groups is 1. The average Bonchev–Trinajstić information content (AvgIpc) is 2.77. The molecule has 0 radical (unpaired) electrons. The second-order valence-electron chi connectivity index (χ2n) is 9.14. The van der Waals surface area contributed by atoms with E-state index < -0.39 is 0 Å². The molecule has 0 aromatic rings. The van der Waals surface area contributed by atoms with E-state index in [0.717, 1.165) is 18.8 Å². The van der Waals surface area contributed by atoms with Gasteiger partial charge in [-0.3, -0.25) is 4.79 Å². The summed E-state index contributed by atoms with van der Waals surface area (Å²) in [4.78, 5) is 11.8. The summed E-state index contributed by atoms with van der Waals surface area (Å²) in [7, 11) is 0. The molecule has 0 aliphatic heterocycles. The highest BCUT2D eigenvalue weighted by atomic mass is 16.3. The number of carbonyl (C=O) groups excluding carboxylic acids is 1. The molecule has 2 heteroatoms. The van der Waals surface area contributed by atoms with E-state index in [4.69, 9.17) is 0 Å². The molecule has 4 rings (SSSR count). The van der Waals surface area contributed by atoms with Crippen molar-refractivity contribution in [3.8, 4) is 0 Å². The van der Waals surface area contributed by atoms with Gasteiger partial charge in [-0.25, -0.2) is 0 Å². The maximum absolute atomic E-state index is 11.8. The highest BCUT2D eigenvalue weighted by Crippen LogP contribution is 2.66. The summed E-state index contributed by atoms with van der Waals surface area (Å²) in [6.07, 6.45) is 9.27. The number of ketones is 1. The highest BCUT2D eigenvalue weighted by Gasteiger charge is 2.60. The largest absolute Gasteiger partial charge is 0.392 e. The van der Waals surface area contributed by atoms with Gasteiger partial charge >= 0.3 is 0 Å². The maximum Gasteiger partial charge on any atom is 0.155 e. The van der Waals surface area contributed by atoms with Crippen molar-refractivity contribution >= 4 is 5.78 Å². The van der Waals surface area contributed by atoms with Crippen LogP contribution in [0.3, 0.4) is 0 Å². The van der Waals surface area contributed by atoms with E-state index in [1.807, 2.05) is 6.08 Å². The average molecular weight is 302 g/mol. The zero-order chi connectivity index (χ0) is 15.7. The van der Waals surface area contributed by atoms with Gasteiger partial charge in [0, 0.05) is 6.42 Å². The molecule has 3 unspecified atom stereocenters. The van der Waals surface area contributed by atoms with Gasteiger partial charge in [-0.2, -0.15) is 0 Å². The van der Waals surface area contributed by atoms with Crippen molar-refractivity contribution in [1.29, 1.82) is 0 Å². The fraction of sp³-hybridized carbons (Fsp3) is 0.850. The molecule has 0 aromatic carbocycles. The van der Waals surface area contributed by atoms with Gasteiger partial charge in [-0.05, 0) is 79.1 Å². The predicted octanol–water partition coefficient (Wildman–Crippen LogP) is 4.13. The Kier molecular flexibility index (Phi) is 3.18. The number of aliphatic hydroxyl groups is 1. The summed E-state index contributed by atoms with van der Waals surface area (Å²) >= 11 is 0. The Morgan fingerprint density at radius 1 is 1.14 bits per heavy atom. The van der Waals surface area contributed by atoms with Crippen LogP contribution in [-0.4, -0.2) is 17.0 Å². The number of hydrogen-bond acceptors (Lipinski definition) is 2. The molecule has 122 valence electrons. The second kappa shape index (κ2) is 4.69. The first-order chi connectivity index (χ1) is 10.4. The van der Waals surface area contributed by atoms with Crippen LogP contribution in [0.25, 0.3) is 0 Å². The summed E-state index contributed by atoms with van der Waals surface area (Å²) < 4.78 is 0. The van der Waals surface area contributed by atoms with E-state index in [-0.39, 0.29) is 17.3 Å². The van der Waals surface area contributed by atoms with E-state index in [9.17, 15) is 9.90 Å². The normalized spacial score (nSPS) is 54.3. The molecule has 0 saturated heterocycles. The maximum atomic E-state index is 11.8. The minimum atomic E-state index is -0.231. The van der Waals surface area contributed by atoms with Gasteiger partial charge in [0.1, 0.15) is 0 Å². The Labute approximate surface area is 134 Å². The standard InChI is InChI=1S/C20H30O2/c1-12-4-5-15-18-16(7-9-19(12,15)2)20(3)8-6-14(21)10-13(20)11-17(18)22/h10,12,15-18,22H,4-9,11H2,1-3H3/t12-,15?,16?,17-,18?,19+,20-/m0/s1.